The van der Waals surface area contributed by atoms with Crippen LogP contribution >= 0.6 is 11.8 Å². The summed E-state index contributed by atoms with van der Waals surface area (Å²) >= 11 is 0.963. The summed E-state index contributed by atoms with van der Waals surface area (Å²) in [4.78, 5) is 26.4. The predicted octanol–water partition coefficient (Wildman–Crippen LogP) is 4.33. The maximum Gasteiger partial charge on any atom is 0.293 e. The first kappa shape index (κ1) is 19.0. The molecule has 0 radical (unpaired) electrons. The van der Waals surface area contributed by atoms with Crippen molar-refractivity contribution in [1.29, 1.82) is 0 Å². The Bertz CT molecular complexity index is 890. The number of phenols is 2. The number of aromatic hydroxyl groups is 2. The first-order valence-corrected chi connectivity index (χ1v) is 9.64. The molecule has 5 nitrogen and oxygen atoms in total. The van der Waals surface area contributed by atoms with E-state index in [1.807, 2.05) is 24.3 Å². The quantitative estimate of drug-likeness (QED) is 0.573. The molecule has 27 heavy (non-hydrogen) atoms. The van der Waals surface area contributed by atoms with E-state index in [4.69, 9.17) is 0 Å². The van der Waals surface area contributed by atoms with Gasteiger partial charge in [0.1, 0.15) is 0 Å². The summed E-state index contributed by atoms with van der Waals surface area (Å²) in [5, 5.41) is 18.6. The van der Waals surface area contributed by atoms with Crippen LogP contribution in [0.15, 0.2) is 47.4 Å². The molecule has 140 valence electrons. The maximum atomic E-state index is 12.5. The molecule has 0 unspecified atom stereocenters. The van der Waals surface area contributed by atoms with Gasteiger partial charge in [0.15, 0.2) is 11.5 Å². The van der Waals surface area contributed by atoms with Crippen LogP contribution in [0, 0.1) is 0 Å². The van der Waals surface area contributed by atoms with Crippen molar-refractivity contribution >= 4 is 29.0 Å². The molecule has 3 rings (SSSR count). The van der Waals surface area contributed by atoms with Crippen LogP contribution in [0.2, 0.25) is 0 Å². The van der Waals surface area contributed by atoms with Crippen LogP contribution in [0.25, 0.3) is 6.08 Å². The molecule has 0 aromatic heterocycles. The smallest absolute Gasteiger partial charge is 0.293 e. The van der Waals surface area contributed by atoms with Gasteiger partial charge in [-0.2, -0.15) is 0 Å². The van der Waals surface area contributed by atoms with Gasteiger partial charge in [-0.25, -0.2) is 0 Å². The van der Waals surface area contributed by atoms with Crippen molar-refractivity contribution in [2.45, 2.75) is 26.2 Å². The fourth-order valence-electron chi connectivity index (χ4n) is 2.86. The predicted molar refractivity (Wildman–Crippen MR) is 107 cm³/mol. The first-order chi connectivity index (χ1) is 13.0. The number of aryl methyl sites for hydroxylation is 2. The van der Waals surface area contributed by atoms with Gasteiger partial charge in [-0.3, -0.25) is 14.5 Å². The number of imide groups is 1. The molecule has 2 aromatic carbocycles. The van der Waals surface area contributed by atoms with Crippen molar-refractivity contribution in [3.05, 3.63) is 64.1 Å². The molecule has 2 N–H and O–H groups in total. The van der Waals surface area contributed by atoms with Crippen LogP contribution in [0.1, 0.15) is 30.0 Å². The van der Waals surface area contributed by atoms with Crippen molar-refractivity contribution in [2.24, 2.45) is 0 Å². The molecule has 6 heteroatoms. The van der Waals surface area contributed by atoms with Gasteiger partial charge in [-0.05, 0) is 65.9 Å². The second-order valence-electron chi connectivity index (χ2n) is 6.36. The van der Waals surface area contributed by atoms with Gasteiger partial charge in [0.05, 0.1) is 4.91 Å². The number of hydrogen-bond donors (Lipinski definition) is 2. The maximum absolute atomic E-state index is 12.5. The summed E-state index contributed by atoms with van der Waals surface area (Å²) in [6.07, 6.45) is 3.88. The van der Waals surface area contributed by atoms with Gasteiger partial charge < -0.3 is 10.2 Å². The Morgan fingerprint density at radius 3 is 2.37 bits per heavy atom. The van der Waals surface area contributed by atoms with E-state index in [0.717, 1.165) is 29.3 Å². The second-order valence-corrected chi connectivity index (χ2v) is 7.35. The van der Waals surface area contributed by atoms with Gasteiger partial charge in [0, 0.05) is 6.54 Å². The number of nitrogens with zero attached hydrogens (tertiary/aromatic N) is 1. The average molecular weight is 383 g/mol. The average Bonchev–Trinajstić information content (AvgIpc) is 2.92. The largest absolute Gasteiger partial charge is 0.504 e. The zero-order valence-electron chi connectivity index (χ0n) is 15.0. The lowest BCUT2D eigenvalue weighted by Crippen LogP contribution is -2.29. The molecule has 0 spiro atoms. The molecule has 0 bridgehead atoms. The topological polar surface area (TPSA) is 77.8 Å². The van der Waals surface area contributed by atoms with E-state index in [-0.39, 0.29) is 22.6 Å². The van der Waals surface area contributed by atoms with Gasteiger partial charge in [-0.1, -0.05) is 37.3 Å². The highest BCUT2D eigenvalue weighted by atomic mass is 32.2. The Morgan fingerprint density at radius 1 is 1.00 bits per heavy atom. The number of phenolic OH excluding ortho intramolecular Hbond substituents is 2. The van der Waals surface area contributed by atoms with Crippen LogP contribution in [0.4, 0.5) is 4.79 Å². The fourth-order valence-corrected chi connectivity index (χ4v) is 3.72. The minimum Gasteiger partial charge on any atom is -0.504 e. The molecule has 1 fully saturated rings. The number of amides is 2. The standard InChI is InChI=1S/C21H21NO4S/c1-2-14-5-7-16(8-6-14)13-19-20(25)22(21(26)27-19)11-3-4-15-9-10-17(23)18(24)12-15/h5-10,12-13,23-24H,2-4,11H2,1H3. The molecule has 1 aliphatic heterocycles. The summed E-state index contributed by atoms with van der Waals surface area (Å²) in [7, 11) is 0. The molecule has 2 aromatic rings. The number of carbonyl (C=O) groups is 2. The van der Waals surface area contributed by atoms with E-state index >= 15 is 0 Å². The van der Waals surface area contributed by atoms with Crippen LogP contribution < -0.4 is 0 Å². The van der Waals surface area contributed by atoms with Crippen molar-refractivity contribution < 1.29 is 19.8 Å². The highest BCUT2D eigenvalue weighted by Crippen LogP contribution is 2.32. The number of thioether (sulfide) groups is 1. The summed E-state index contributed by atoms with van der Waals surface area (Å²) in [6.45, 7) is 2.40. The Hall–Kier alpha value is -2.73. The summed E-state index contributed by atoms with van der Waals surface area (Å²) < 4.78 is 0. The molecule has 1 aliphatic rings. The molecular weight excluding hydrogens is 362 g/mol. The van der Waals surface area contributed by atoms with E-state index in [2.05, 4.69) is 6.92 Å². The zero-order chi connectivity index (χ0) is 19.4. The summed E-state index contributed by atoms with van der Waals surface area (Å²) in [5.74, 6) is -0.601. The Labute approximate surface area is 162 Å². The third-order valence-corrected chi connectivity index (χ3v) is 5.35. The number of benzene rings is 2. The van der Waals surface area contributed by atoms with Gasteiger partial charge >= 0.3 is 0 Å². The van der Waals surface area contributed by atoms with Crippen LogP contribution in [0.5, 0.6) is 11.5 Å². The van der Waals surface area contributed by atoms with Crippen molar-refractivity contribution in [1.82, 2.24) is 4.90 Å². The Balaban J connectivity index is 1.61. The van der Waals surface area contributed by atoms with Crippen molar-refractivity contribution in [3.63, 3.8) is 0 Å². The van der Waals surface area contributed by atoms with E-state index in [0.29, 0.717) is 24.3 Å². The molecule has 0 aliphatic carbocycles. The minimum atomic E-state index is -0.266. The minimum absolute atomic E-state index is 0.165. The second kappa shape index (κ2) is 8.31. The Kier molecular flexibility index (Phi) is 5.86. The number of rotatable bonds is 6. The lowest BCUT2D eigenvalue weighted by atomic mass is 10.1. The lowest BCUT2D eigenvalue weighted by molar-refractivity contribution is -0.122. The summed E-state index contributed by atoms with van der Waals surface area (Å²) in [5.41, 5.74) is 2.96. The molecule has 2 amide bonds. The highest BCUT2D eigenvalue weighted by molar-refractivity contribution is 8.18. The number of hydrogen-bond acceptors (Lipinski definition) is 5. The highest BCUT2D eigenvalue weighted by Gasteiger charge is 2.34. The SMILES string of the molecule is CCc1ccc(C=C2SC(=O)N(CCCc3ccc(O)c(O)c3)C2=O)cc1. The normalized spacial score (nSPS) is 15.7. The van der Waals surface area contributed by atoms with Crippen LogP contribution in [-0.4, -0.2) is 32.8 Å². The third-order valence-electron chi connectivity index (χ3n) is 4.45. The monoisotopic (exact) mass is 383 g/mol. The van der Waals surface area contributed by atoms with E-state index in [9.17, 15) is 19.8 Å². The molecule has 1 heterocycles. The van der Waals surface area contributed by atoms with Gasteiger partial charge in [0.25, 0.3) is 11.1 Å². The van der Waals surface area contributed by atoms with Gasteiger partial charge in [0.2, 0.25) is 0 Å². The third kappa shape index (κ3) is 4.52. The molecule has 0 atom stereocenters. The fraction of sp³-hybridized carbons (Fsp3) is 0.238. The molecule has 0 saturated carbocycles. The van der Waals surface area contributed by atoms with Crippen molar-refractivity contribution in [2.75, 3.05) is 6.54 Å². The lowest BCUT2D eigenvalue weighted by Gasteiger charge is -2.12. The van der Waals surface area contributed by atoms with Crippen molar-refractivity contribution in [3.8, 4) is 11.5 Å². The first-order valence-electron chi connectivity index (χ1n) is 8.83. The van der Waals surface area contributed by atoms with E-state index in [1.165, 1.54) is 22.6 Å². The van der Waals surface area contributed by atoms with Gasteiger partial charge in [-0.15, -0.1) is 0 Å². The number of carbonyl (C=O) groups excluding carboxylic acids is 2. The van der Waals surface area contributed by atoms with E-state index in [1.54, 1.807) is 12.1 Å². The van der Waals surface area contributed by atoms with Crippen LogP contribution in [0.3, 0.4) is 0 Å². The zero-order valence-corrected chi connectivity index (χ0v) is 15.8. The molecular formula is C21H21NO4S. The summed E-state index contributed by atoms with van der Waals surface area (Å²) in [6, 6.07) is 12.6. The van der Waals surface area contributed by atoms with E-state index < -0.39 is 0 Å². The molecule has 1 saturated heterocycles. The van der Waals surface area contributed by atoms with Crippen LogP contribution in [-0.2, 0) is 17.6 Å². The Morgan fingerprint density at radius 2 is 1.70 bits per heavy atom.